The molecule has 0 amide bonds. The van der Waals surface area contributed by atoms with E-state index >= 15 is 0 Å². The number of pyridine rings is 1. The van der Waals surface area contributed by atoms with Gasteiger partial charge in [-0.3, -0.25) is 9.98 Å². The maximum Gasteiger partial charge on any atom is 0.0787 e. The zero-order valence-corrected chi connectivity index (χ0v) is 35.4. The molecule has 12 rings (SSSR count). The first-order valence-electron chi connectivity index (χ1n) is 22.6. The Kier molecular flexibility index (Phi) is 9.28. The molecule has 0 radical (unpaired) electrons. The van der Waals surface area contributed by atoms with Gasteiger partial charge < -0.3 is 14.8 Å². The first-order valence-corrected chi connectivity index (χ1v) is 22.6. The molecule has 3 aromatic carbocycles. The molecule has 4 aliphatic carbocycles. The second-order valence-corrected chi connectivity index (χ2v) is 17.7. The number of aromatic nitrogens is 2. The van der Waals surface area contributed by atoms with Gasteiger partial charge in [-0.05, 0) is 96.8 Å². The van der Waals surface area contributed by atoms with Gasteiger partial charge in [-0.2, -0.15) is 0 Å². The summed E-state index contributed by atoms with van der Waals surface area (Å²) >= 11 is 0. The van der Waals surface area contributed by atoms with E-state index in [9.17, 15) is 0 Å². The van der Waals surface area contributed by atoms with E-state index in [1.54, 1.807) is 0 Å². The number of benzene rings is 3. The average Bonchev–Trinajstić information content (AvgIpc) is 3.63. The number of para-hydroxylation sites is 2. The van der Waals surface area contributed by atoms with Crippen molar-refractivity contribution in [1.82, 2.24) is 14.9 Å². The molecule has 6 unspecified atom stereocenters. The number of anilines is 1. The van der Waals surface area contributed by atoms with Crippen LogP contribution in [0.4, 0.5) is 5.69 Å². The number of rotatable bonds is 6. The summed E-state index contributed by atoms with van der Waals surface area (Å²) in [6, 6.07) is 33.8. The molecule has 0 fully saturated rings. The summed E-state index contributed by atoms with van der Waals surface area (Å²) in [6.07, 6.45) is 43.4. The van der Waals surface area contributed by atoms with Crippen LogP contribution in [-0.2, 0) is 0 Å². The van der Waals surface area contributed by atoms with Gasteiger partial charge in [0.1, 0.15) is 0 Å². The van der Waals surface area contributed by atoms with Crippen LogP contribution in [0.15, 0.2) is 217 Å². The van der Waals surface area contributed by atoms with Crippen LogP contribution in [0.25, 0.3) is 39.0 Å². The van der Waals surface area contributed by atoms with Crippen LogP contribution in [0.1, 0.15) is 54.5 Å². The Balaban J connectivity index is 0.972. The van der Waals surface area contributed by atoms with Crippen molar-refractivity contribution >= 4 is 39.1 Å². The molecule has 5 heterocycles. The lowest BCUT2D eigenvalue weighted by Gasteiger charge is -2.36. The SMILES string of the molecule is CC1CC=CC2=C1N(C1=CCC(c3cccc(C4=NC5C=CC=CC5C=C4)c3)C=C1)c1ccccc1-c1c2c2ccccc2n1C1=CC(c2ccccn2)=CC(C2C=CC=CN2)C1. The number of nitrogens with zero attached hydrogens (tertiary/aromatic N) is 4. The molecule has 63 heavy (non-hydrogen) atoms. The van der Waals surface area contributed by atoms with Gasteiger partial charge >= 0.3 is 0 Å². The Morgan fingerprint density at radius 2 is 1.67 bits per heavy atom. The molecular weight excluding hydrogens is 767 g/mol. The van der Waals surface area contributed by atoms with Crippen LogP contribution in [-0.4, -0.2) is 27.3 Å². The predicted molar refractivity (Wildman–Crippen MR) is 262 cm³/mol. The molecule has 5 nitrogen and oxygen atoms in total. The number of hydrogen-bond acceptors (Lipinski definition) is 4. The maximum atomic E-state index is 5.15. The fraction of sp³-hybridized carbons (Fsp3) is 0.172. The number of hydrogen-bond donors (Lipinski definition) is 1. The van der Waals surface area contributed by atoms with Gasteiger partial charge in [0, 0.05) is 69.0 Å². The highest BCUT2D eigenvalue weighted by atomic mass is 15.2. The number of dihydropyridines is 2. The molecule has 0 saturated carbocycles. The Morgan fingerprint density at radius 1 is 0.778 bits per heavy atom. The summed E-state index contributed by atoms with van der Waals surface area (Å²) in [6.45, 7) is 2.40. The summed E-state index contributed by atoms with van der Waals surface area (Å²) in [5.74, 6) is 1.15. The third-order valence-corrected chi connectivity index (χ3v) is 13.8. The predicted octanol–water partition coefficient (Wildman–Crippen LogP) is 12.9. The van der Waals surface area contributed by atoms with E-state index in [4.69, 9.17) is 9.98 Å². The fourth-order valence-corrected chi connectivity index (χ4v) is 10.8. The molecular formula is C58H49N5. The lowest BCUT2D eigenvalue weighted by Crippen LogP contribution is -2.32. The first-order chi connectivity index (χ1) is 31.2. The summed E-state index contributed by atoms with van der Waals surface area (Å²) in [5, 5.41) is 4.93. The molecule has 2 aromatic heterocycles. The molecule has 6 atom stereocenters. The molecule has 306 valence electrons. The van der Waals surface area contributed by atoms with E-state index in [1.165, 1.54) is 67.2 Å². The van der Waals surface area contributed by atoms with E-state index in [0.717, 1.165) is 36.2 Å². The smallest absolute Gasteiger partial charge is 0.0787 e. The Morgan fingerprint density at radius 3 is 2.56 bits per heavy atom. The quantitative estimate of drug-likeness (QED) is 0.186. The Labute approximate surface area is 370 Å². The van der Waals surface area contributed by atoms with Crippen molar-refractivity contribution in [3.05, 3.63) is 234 Å². The van der Waals surface area contributed by atoms with Crippen molar-refractivity contribution in [2.24, 2.45) is 22.7 Å². The molecule has 0 saturated heterocycles. The van der Waals surface area contributed by atoms with Crippen molar-refractivity contribution < 1.29 is 0 Å². The second kappa shape index (κ2) is 15.6. The summed E-state index contributed by atoms with van der Waals surface area (Å²) in [4.78, 5) is 12.6. The number of fused-ring (bicyclic) bond motifs is 7. The van der Waals surface area contributed by atoms with E-state index in [0.29, 0.717) is 11.8 Å². The van der Waals surface area contributed by atoms with Crippen molar-refractivity contribution in [2.75, 3.05) is 4.90 Å². The van der Waals surface area contributed by atoms with Gasteiger partial charge in [-0.15, -0.1) is 0 Å². The maximum absolute atomic E-state index is 5.15. The van der Waals surface area contributed by atoms with Crippen LogP contribution in [0, 0.1) is 17.8 Å². The number of nitrogens with one attached hydrogen (secondary N) is 1. The van der Waals surface area contributed by atoms with Crippen molar-refractivity contribution in [2.45, 2.75) is 44.2 Å². The molecule has 7 aliphatic rings. The summed E-state index contributed by atoms with van der Waals surface area (Å²) in [7, 11) is 0. The van der Waals surface area contributed by atoms with Crippen LogP contribution >= 0.6 is 0 Å². The lowest BCUT2D eigenvalue weighted by atomic mass is 9.85. The highest BCUT2D eigenvalue weighted by molar-refractivity contribution is 6.10. The molecule has 5 heteroatoms. The Hall–Kier alpha value is -7.24. The fourth-order valence-electron chi connectivity index (χ4n) is 10.8. The normalized spacial score (nSPS) is 25.3. The Bertz CT molecular complexity index is 3060. The summed E-state index contributed by atoms with van der Waals surface area (Å²) in [5.41, 5.74) is 17.1. The second-order valence-electron chi connectivity index (χ2n) is 17.7. The molecule has 0 spiro atoms. The monoisotopic (exact) mass is 815 g/mol. The van der Waals surface area contributed by atoms with Gasteiger partial charge in [0.2, 0.25) is 0 Å². The van der Waals surface area contributed by atoms with Gasteiger partial charge in [-0.1, -0.05) is 140 Å². The van der Waals surface area contributed by atoms with Crippen LogP contribution in [0.2, 0.25) is 0 Å². The van der Waals surface area contributed by atoms with Gasteiger partial charge in [0.05, 0.1) is 40.4 Å². The van der Waals surface area contributed by atoms with Crippen LogP contribution in [0.3, 0.4) is 0 Å². The minimum atomic E-state index is 0.172. The standard InChI is InChI=1S/C58H49N5/c1-38-14-12-20-49-56-47-18-3-6-24-54(47)63(46-36-43(50-21-8-10-32-59-50)35-44(37-46)51-22-9-11-33-60-51)58(56)48-19-4-7-25-55(48)62(57(38)49)45-29-26-39(27-30-45)41-16-13-17-42(34-41)53-31-28-40-15-2-5-23-52(40)61-53/h2-13,15-26,28-36,38-40,44,51-52,60H,14,27,37H2,1H3. The van der Waals surface area contributed by atoms with Crippen molar-refractivity contribution in [3.63, 3.8) is 0 Å². The largest absolute Gasteiger partial charge is 0.384 e. The highest BCUT2D eigenvalue weighted by Gasteiger charge is 2.37. The van der Waals surface area contributed by atoms with Crippen LogP contribution in [0.5, 0.6) is 0 Å². The minimum Gasteiger partial charge on any atom is -0.384 e. The average molecular weight is 816 g/mol. The topological polar surface area (TPSA) is 45.5 Å². The highest BCUT2D eigenvalue weighted by Crippen LogP contribution is 2.53. The first kappa shape index (κ1) is 37.5. The number of allylic oxidation sites excluding steroid dienone is 15. The van der Waals surface area contributed by atoms with Gasteiger partial charge in [0.25, 0.3) is 0 Å². The summed E-state index contributed by atoms with van der Waals surface area (Å²) < 4.78 is 2.59. The van der Waals surface area contributed by atoms with E-state index < -0.39 is 0 Å². The van der Waals surface area contributed by atoms with Crippen LogP contribution < -0.4 is 10.2 Å². The van der Waals surface area contributed by atoms with Gasteiger partial charge in [-0.25, -0.2) is 0 Å². The molecule has 5 aromatic rings. The molecule has 1 N–H and O–H groups in total. The number of aliphatic imine (C=N–C) groups is 1. The van der Waals surface area contributed by atoms with Gasteiger partial charge in [0.15, 0.2) is 0 Å². The lowest BCUT2D eigenvalue weighted by molar-refractivity contribution is 0.522. The van der Waals surface area contributed by atoms with Crippen molar-refractivity contribution in [1.29, 1.82) is 0 Å². The zero-order valence-electron chi connectivity index (χ0n) is 35.4. The third-order valence-electron chi connectivity index (χ3n) is 13.8. The van der Waals surface area contributed by atoms with E-state index in [2.05, 4.69) is 210 Å². The molecule has 0 bridgehead atoms. The van der Waals surface area contributed by atoms with Crippen molar-refractivity contribution in [3.8, 4) is 11.3 Å². The zero-order chi connectivity index (χ0) is 41.9. The minimum absolute atomic E-state index is 0.172. The third kappa shape index (κ3) is 6.53. The molecule has 3 aliphatic heterocycles. The van der Waals surface area contributed by atoms with E-state index in [1.807, 2.05) is 12.3 Å². The van der Waals surface area contributed by atoms with E-state index in [-0.39, 0.29) is 23.9 Å².